The third-order valence-corrected chi connectivity index (χ3v) is 6.21. The van der Waals surface area contributed by atoms with Crippen LogP contribution < -0.4 is 9.80 Å². The maximum atomic E-state index is 12.0. The van der Waals surface area contributed by atoms with Crippen molar-refractivity contribution >= 4 is 40.1 Å². The Kier molecular flexibility index (Phi) is 6.59. The number of hydrogen-bond donors (Lipinski definition) is 1. The summed E-state index contributed by atoms with van der Waals surface area (Å²) in [5, 5.41) is 20.2. The molecule has 0 atom stereocenters. The molecule has 1 amide bonds. The minimum absolute atomic E-state index is 0.154. The quantitative estimate of drug-likeness (QED) is 0.364. The van der Waals surface area contributed by atoms with Crippen LogP contribution in [0.25, 0.3) is 0 Å². The normalized spacial score (nSPS) is 18.1. The van der Waals surface area contributed by atoms with E-state index in [9.17, 15) is 23.9 Å². The zero-order valence-corrected chi connectivity index (χ0v) is 17.2. The first-order valence-electron chi connectivity index (χ1n) is 9.34. The standard InChI is InChI=1S/C17H22N6O6S/c1-12-15(23(27)28)16(21-8-10-30(29)11-9-21)19-17(18-12)22-6-4-20(5-7-22)13(24)2-3-14(25)26/h2-3H,4-11H2,1H3,(H,25,26). The van der Waals surface area contributed by atoms with Crippen molar-refractivity contribution in [2.75, 3.05) is 60.6 Å². The van der Waals surface area contributed by atoms with Crippen molar-refractivity contribution in [3.63, 3.8) is 0 Å². The lowest BCUT2D eigenvalue weighted by Crippen LogP contribution is -2.49. The molecule has 3 rings (SSSR count). The summed E-state index contributed by atoms with van der Waals surface area (Å²) in [6.45, 7) is 3.91. The fraction of sp³-hybridized carbons (Fsp3) is 0.529. The Balaban J connectivity index is 1.78. The van der Waals surface area contributed by atoms with Crippen molar-refractivity contribution in [3.8, 4) is 0 Å². The van der Waals surface area contributed by atoms with Crippen LogP contribution in [-0.4, -0.2) is 91.8 Å². The van der Waals surface area contributed by atoms with Gasteiger partial charge in [-0.25, -0.2) is 9.78 Å². The first-order valence-corrected chi connectivity index (χ1v) is 10.8. The van der Waals surface area contributed by atoms with E-state index in [1.807, 2.05) is 4.90 Å². The van der Waals surface area contributed by atoms with Crippen molar-refractivity contribution in [3.05, 3.63) is 28.0 Å². The second kappa shape index (κ2) is 9.15. The molecule has 2 fully saturated rings. The molecular weight excluding hydrogens is 416 g/mol. The van der Waals surface area contributed by atoms with Gasteiger partial charge in [-0.05, 0) is 6.92 Å². The first-order chi connectivity index (χ1) is 14.3. The number of nitro groups is 1. The van der Waals surface area contributed by atoms with E-state index in [2.05, 4.69) is 9.97 Å². The Labute approximate surface area is 174 Å². The molecular formula is C17H22N6O6S. The SMILES string of the molecule is Cc1nc(N2CCN(C(=O)C=CC(=O)O)CC2)nc(N2CCS(=O)CC2)c1[N+](=O)[O-]. The van der Waals surface area contributed by atoms with Crippen LogP contribution in [0.1, 0.15) is 5.69 Å². The number of nitrogens with zero attached hydrogens (tertiary/aromatic N) is 6. The summed E-state index contributed by atoms with van der Waals surface area (Å²) in [7, 11) is -0.926. The molecule has 0 spiro atoms. The van der Waals surface area contributed by atoms with Crippen molar-refractivity contribution in [2.45, 2.75) is 6.92 Å². The van der Waals surface area contributed by atoms with E-state index in [0.717, 1.165) is 12.2 Å². The molecule has 1 aromatic heterocycles. The Morgan fingerprint density at radius 2 is 1.70 bits per heavy atom. The van der Waals surface area contributed by atoms with Gasteiger partial charge in [-0.3, -0.25) is 19.1 Å². The molecule has 0 saturated carbocycles. The van der Waals surface area contributed by atoms with E-state index in [1.165, 1.54) is 4.90 Å². The number of anilines is 2. The van der Waals surface area contributed by atoms with E-state index in [1.54, 1.807) is 11.8 Å². The van der Waals surface area contributed by atoms with Crippen molar-refractivity contribution in [1.82, 2.24) is 14.9 Å². The zero-order chi connectivity index (χ0) is 21.8. The molecule has 162 valence electrons. The highest BCUT2D eigenvalue weighted by Crippen LogP contribution is 2.31. The number of piperazine rings is 1. The number of carbonyl (C=O) groups excluding carboxylic acids is 1. The maximum Gasteiger partial charge on any atom is 0.332 e. The predicted molar refractivity (Wildman–Crippen MR) is 109 cm³/mol. The number of carboxylic acid groups (broad SMARTS) is 1. The molecule has 0 aliphatic carbocycles. The van der Waals surface area contributed by atoms with Gasteiger partial charge in [0.25, 0.3) is 0 Å². The van der Waals surface area contributed by atoms with Gasteiger partial charge < -0.3 is 19.8 Å². The molecule has 0 unspecified atom stereocenters. The topological polar surface area (TPSA) is 150 Å². The Morgan fingerprint density at radius 1 is 1.07 bits per heavy atom. The summed E-state index contributed by atoms with van der Waals surface area (Å²) in [6.07, 6.45) is 1.82. The minimum atomic E-state index is -1.19. The van der Waals surface area contributed by atoms with Crippen LogP contribution in [-0.2, 0) is 20.4 Å². The fourth-order valence-electron chi connectivity index (χ4n) is 3.34. The predicted octanol–water partition coefficient (Wildman–Crippen LogP) is -0.449. The zero-order valence-electron chi connectivity index (χ0n) is 16.4. The fourth-order valence-corrected chi connectivity index (χ4v) is 4.39. The summed E-state index contributed by atoms with van der Waals surface area (Å²) in [5.41, 5.74) is 0.0913. The van der Waals surface area contributed by atoms with E-state index in [4.69, 9.17) is 5.11 Å². The average Bonchev–Trinajstić information content (AvgIpc) is 2.71. The molecule has 0 aromatic carbocycles. The lowest BCUT2D eigenvalue weighted by atomic mass is 10.3. The summed E-state index contributed by atoms with van der Waals surface area (Å²) in [5.74, 6) is -0.152. The van der Waals surface area contributed by atoms with Gasteiger partial charge >= 0.3 is 11.7 Å². The molecule has 2 aliphatic heterocycles. The number of hydrogen-bond acceptors (Lipinski definition) is 9. The number of aromatic nitrogens is 2. The number of aryl methyl sites for hydroxylation is 1. The molecule has 30 heavy (non-hydrogen) atoms. The second-order valence-corrected chi connectivity index (χ2v) is 8.55. The Morgan fingerprint density at radius 3 is 2.27 bits per heavy atom. The average molecular weight is 438 g/mol. The summed E-state index contributed by atoms with van der Waals surface area (Å²) in [6, 6.07) is 0. The van der Waals surface area contributed by atoms with Gasteiger partial charge in [-0.15, -0.1) is 0 Å². The summed E-state index contributed by atoms with van der Waals surface area (Å²) < 4.78 is 11.6. The Bertz CT molecular complexity index is 904. The molecule has 12 nitrogen and oxygen atoms in total. The van der Waals surface area contributed by atoms with E-state index >= 15 is 0 Å². The third kappa shape index (κ3) is 4.90. The monoisotopic (exact) mass is 438 g/mol. The number of amides is 1. The van der Waals surface area contributed by atoms with E-state index < -0.39 is 21.7 Å². The van der Waals surface area contributed by atoms with Crippen LogP contribution in [0.3, 0.4) is 0 Å². The number of carboxylic acids is 1. The van der Waals surface area contributed by atoms with Gasteiger partial charge in [0.05, 0.1) is 4.92 Å². The molecule has 0 bridgehead atoms. The van der Waals surface area contributed by atoms with E-state index in [0.29, 0.717) is 56.7 Å². The lowest BCUT2D eigenvalue weighted by Gasteiger charge is -2.35. The number of aliphatic carboxylic acids is 1. The van der Waals surface area contributed by atoms with Gasteiger partial charge in [0, 0.05) is 73.7 Å². The summed E-state index contributed by atoms with van der Waals surface area (Å²) in [4.78, 5) is 47.6. The smallest absolute Gasteiger partial charge is 0.332 e. The highest BCUT2D eigenvalue weighted by atomic mass is 32.2. The van der Waals surface area contributed by atoms with Crippen LogP contribution in [0.15, 0.2) is 12.2 Å². The van der Waals surface area contributed by atoms with Gasteiger partial charge in [0.15, 0.2) is 0 Å². The molecule has 1 aromatic rings. The van der Waals surface area contributed by atoms with Crippen LogP contribution >= 0.6 is 0 Å². The van der Waals surface area contributed by atoms with Crippen LogP contribution in [0.2, 0.25) is 0 Å². The molecule has 3 heterocycles. The van der Waals surface area contributed by atoms with Crippen molar-refractivity contribution < 1.29 is 23.8 Å². The maximum absolute atomic E-state index is 12.0. The molecule has 2 aliphatic rings. The van der Waals surface area contributed by atoms with Crippen LogP contribution in [0.4, 0.5) is 17.5 Å². The van der Waals surface area contributed by atoms with Gasteiger partial charge in [0.2, 0.25) is 17.7 Å². The highest BCUT2D eigenvalue weighted by molar-refractivity contribution is 7.85. The Hall–Kier alpha value is -3.09. The van der Waals surface area contributed by atoms with Crippen molar-refractivity contribution in [1.29, 1.82) is 0 Å². The molecule has 1 N–H and O–H groups in total. The van der Waals surface area contributed by atoms with Gasteiger partial charge in [0.1, 0.15) is 5.69 Å². The first kappa shape index (κ1) is 21.6. The lowest BCUT2D eigenvalue weighted by molar-refractivity contribution is -0.385. The van der Waals surface area contributed by atoms with Crippen LogP contribution in [0, 0.1) is 17.0 Å². The largest absolute Gasteiger partial charge is 0.478 e. The number of rotatable bonds is 5. The molecule has 2 saturated heterocycles. The molecule has 13 heteroatoms. The molecule has 0 radical (unpaired) electrons. The van der Waals surface area contributed by atoms with Gasteiger partial charge in [-0.1, -0.05) is 0 Å². The van der Waals surface area contributed by atoms with Crippen LogP contribution in [0.5, 0.6) is 0 Å². The third-order valence-electron chi connectivity index (χ3n) is 4.93. The van der Waals surface area contributed by atoms with E-state index in [-0.39, 0.29) is 23.1 Å². The minimum Gasteiger partial charge on any atom is -0.478 e. The highest BCUT2D eigenvalue weighted by Gasteiger charge is 2.30. The second-order valence-electron chi connectivity index (χ2n) is 6.86. The summed E-state index contributed by atoms with van der Waals surface area (Å²) >= 11 is 0. The van der Waals surface area contributed by atoms with Gasteiger partial charge in [-0.2, -0.15) is 4.98 Å². The number of carbonyl (C=O) groups is 2. The van der Waals surface area contributed by atoms with Crippen molar-refractivity contribution in [2.24, 2.45) is 0 Å².